The standard InChI is InChI=1S/C21H20F2N4O2/c1-4-5-13-6-8-14(9-7-13)26-19-17(21(28)29-3)12(2)25-20(27-19)18-15(22)10-24-11-16(18)23/h6-11H,4-5H2,1-3H3,(H,25,26,27). The van der Waals surface area contributed by atoms with Crippen molar-refractivity contribution in [1.82, 2.24) is 15.0 Å². The van der Waals surface area contributed by atoms with E-state index < -0.39 is 23.2 Å². The number of hydrogen-bond acceptors (Lipinski definition) is 6. The molecule has 6 nitrogen and oxygen atoms in total. The Balaban J connectivity index is 2.10. The van der Waals surface area contributed by atoms with Gasteiger partial charge in [-0.05, 0) is 31.0 Å². The number of aromatic nitrogens is 3. The van der Waals surface area contributed by atoms with Crippen LogP contribution in [-0.2, 0) is 11.2 Å². The Morgan fingerprint density at radius 3 is 2.34 bits per heavy atom. The molecule has 3 rings (SSSR count). The molecule has 0 aliphatic heterocycles. The molecule has 150 valence electrons. The van der Waals surface area contributed by atoms with Crippen LogP contribution in [0, 0.1) is 18.6 Å². The van der Waals surface area contributed by atoms with Crippen LogP contribution in [0.4, 0.5) is 20.3 Å². The number of halogens is 2. The first-order valence-electron chi connectivity index (χ1n) is 9.06. The number of anilines is 2. The molecule has 0 amide bonds. The number of nitrogens with zero attached hydrogens (tertiary/aromatic N) is 3. The third-order valence-electron chi connectivity index (χ3n) is 4.31. The minimum absolute atomic E-state index is 0.0868. The summed E-state index contributed by atoms with van der Waals surface area (Å²) in [5.74, 6) is -2.55. The Morgan fingerprint density at radius 1 is 1.10 bits per heavy atom. The normalized spacial score (nSPS) is 10.7. The summed E-state index contributed by atoms with van der Waals surface area (Å²) in [7, 11) is 1.24. The summed E-state index contributed by atoms with van der Waals surface area (Å²) in [6, 6.07) is 7.61. The molecule has 2 heterocycles. The Bertz CT molecular complexity index is 1020. The van der Waals surface area contributed by atoms with E-state index in [0.29, 0.717) is 5.69 Å². The lowest BCUT2D eigenvalue weighted by atomic mass is 10.1. The third kappa shape index (κ3) is 4.37. The molecule has 1 N–H and O–H groups in total. The van der Waals surface area contributed by atoms with Gasteiger partial charge in [0.1, 0.15) is 11.4 Å². The number of pyridine rings is 1. The topological polar surface area (TPSA) is 77.0 Å². The number of esters is 1. The summed E-state index contributed by atoms with van der Waals surface area (Å²) < 4.78 is 33.2. The van der Waals surface area contributed by atoms with Crippen molar-refractivity contribution in [1.29, 1.82) is 0 Å². The van der Waals surface area contributed by atoms with Gasteiger partial charge in [0.05, 0.1) is 30.8 Å². The quantitative estimate of drug-likeness (QED) is 0.611. The Hall–Kier alpha value is -3.42. The number of ether oxygens (including phenoxy) is 1. The molecule has 3 aromatic rings. The highest BCUT2D eigenvalue weighted by molar-refractivity contribution is 5.96. The van der Waals surface area contributed by atoms with Gasteiger partial charge in [-0.15, -0.1) is 0 Å². The predicted molar refractivity (Wildman–Crippen MR) is 105 cm³/mol. The Labute approximate surface area is 167 Å². The minimum atomic E-state index is -0.898. The van der Waals surface area contributed by atoms with Gasteiger partial charge in [0, 0.05) is 5.69 Å². The van der Waals surface area contributed by atoms with E-state index in [1.54, 1.807) is 6.92 Å². The Morgan fingerprint density at radius 2 is 1.76 bits per heavy atom. The number of aryl methyl sites for hydroxylation is 2. The molecule has 0 aliphatic carbocycles. The monoisotopic (exact) mass is 398 g/mol. The van der Waals surface area contributed by atoms with Crippen LogP contribution in [0.2, 0.25) is 0 Å². The van der Waals surface area contributed by atoms with E-state index in [1.807, 2.05) is 24.3 Å². The van der Waals surface area contributed by atoms with Crippen molar-refractivity contribution in [2.45, 2.75) is 26.7 Å². The number of benzene rings is 1. The van der Waals surface area contributed by atoms with Crippen LogP contribution >= 0.6 is 0 Å². The Kier molecular flexibility index (Phi) is 6.11. The molecule has 0 spiro atoms. The van der Waals surface area contributed by atoms with Crippen LogP contribution in [-0.4, -0.2) is 28.0 Å². The average molecular weight is 398 g/mol. The first-order valence-corrected chi connectivity index (χ1v) is 9.06. The van der Waals surface area contributed by atoms with Crippen LogP contribution in [0.15, 0.2) is 36.7 Å². The van der Waals surface area contributed by atoms with Crippen LogP contribution in [0.5, 0.6) is 0 Å². The van der Waals surface area contributed by atoms with E-state index in [9.17, 15) is 13.6 Å². The number of methoxy groups -OCH3 is 1. The van der Waals surface area contributed by atoms with Crippen molar-refractivity contribution in [2.24, 2.45) is 0 Å². The molecule has 0 aliphatic rings. The molecule has 8 heteroatoms. The van der Waals surface area contributed by atoms with Gasteiger partial charge in [-0.1, -0.05) is 25.5 Å². The zero-order valence-corrected chi connectivity index (χ0v) is 16.3. The fourth-order valence-corrected chi connectivity index (χ4v) is 2.93. The number of rotatable bonds is 6. The predicted octanol–water partition coefficient (Wildman–Crippen LogP) is 4.61. The molecule has 0 unspecified atom stereocenters. The summed E-state index contributed by atoms with van der Waals surface area (Å²) in [5.41, 5.74) is 1.73. The SMILES string of the molecule is CCCc1ccc(Nc2nc(-c3c(F)cncc3F)nc(C)c2C(=O)OC)cc1. The van der Waals surface area contributed by atoms with E-state index >= 15 is 0 Å². The maximum atomic E-state index is 14.2. The van der Waals surface area contributed by atoms with Crippen LogP contribution in [0.1, 0.15) is 35.0 Å². The van der Waals surface area contributed by atoms with Gasteiger partial charge >= 0.3 is 5.97 Å². The lowest BCUT2D eigenvalue weighted by Crippen LogP contribution is -2.13. The molecular formula is C21H20F2N4O2. The molecule has 1 aromatic carbocycles. The van der Waals surface area contributed by atoms with Crippen molar-refractivity contribution in [3.63, 3.8) is 0 Å². The summed E-state index contributed by atoms with van der Waals surface area (Å²) >= 11 is 0. The second-order valence-corrected chi connectivity index (χ2v) is 6.40. The lowest BCUT2D eigenvalue weighted by Gasteiger charge is -2.14. The first kappa shape index (κ1) is 20.3. The van der Waals surface area contributed by atoms with Gasteiger partial charge in [-0.3, -0.25) is 4.98 Å². The van der Waals surface area contributed by atoms with Crippen molar-refractivity contribution >= 4 is 17.5 Å². The second-order valence-electron chi connectivity index (χ2n) is 6.40. The largest absolute Gasteiger partial charge is 0.465 e. The maximum absolute atomic E-state index is 14.2. The van der Waals surface area contributed by atoms with E-state index in [0.717, 1.165) is 25.2 Å². The fraction of sp³-hybridized carbons (Fsp3) is 0.238. The molecule has 0 atom stereocenters. The molecule has 0 saturated carbocycles. The molecule has 0 bridgehead atoms. The van der Waals surface area contributed by atoms with Gasteiger partial charge in [0.15, 0.2) is 17.5 Å². The van der Waals surface area contributed by atoms with E-state index in [-0.39, 0.29) is 22.9 Å². The van der Waals surface area contributed by atoms with E-state index in [4.69, 9.17) is 4.74 Å². The smallest absolute Gasteiger partial charge is 0.343 e. The zero-order chi connectivity index (χ0) is 21.0. The van der Waals surface area contributed by atoms with Gasteiger partial charge in [-0.25, -0.2) is 23.5 Å². The molecule has 0 saturated heterocycles. The molecule has 0 fully saturated rings. The first-order chi connectivity index (χ1) is 13.9. The minimum Gasteiger partial charge on any atom is -0.465 e. The van der Waals surface area contributed by atoms with Gasteiger partial charge in [-0.2, -0.15) is 0 Å². The van der Waals surface area contributed by atoms with Crippen molar-refractivity contribution in [3.05, 3.63) is 65.1 Å². The van der Waals surface area contributed by atoms with Gasteiger partial charge < -0.3 is 10.1 Å². The molecule has 29 heavy (non-hydrogen) atoms. The second kappa shape index (κ2) is 8.72. The van der Waals surface area contributed by atoms with Crippen LogP contribution < -0.4 is 5.32 Å². The van der Waals surface area contributed by atoms with E-state index in [2.05, 4.69) is 27.2 Å². The number of hydrogen-bond donors (Lipinski definition) is 1. The van der Waals surface area contributed by atoms with Crippen molar-refractivity contribution in [3.8, 4) is 11.4 Å². The van der Waals surface area contributed by atoms with Gasteiger partial charge in [0.2, 0.25) is 0 Å². The van der Waals surface area contributed by atoms with Gasteiger partial charge in [0.25, 0.3) is 0 Å². The third-order valence-corrected chi connectivity index (χ3v) is 4.31. The number of carbonyl (C=O) groups is 1. The van der Waals surface area contributed by atoms with E-state index in [1.165, 1.54) is 12.7 Å². The average Bonchev–Trinajstić information content (AvgIpc) is 2.69. The lowest BCUT2D eigenvalue weighted by molar-refractivity contribution is 0.0600. The highest BCUT2D eigenvalue weighted by Crippen LogP contribution is 2.28. The summed E-state index contributed by atoms with van der Waals surface area (Å²) in [4.78, 5) is 24.1. The number of carbonyl (C=O) groups excluding carboxylic acids is 1. The highest BCUT2D eigenvalue weighted by atomic mass is 19.1. The van der Waals surface area contributed by atoms with Crippen molar-refractivity contribution in [2.75, 3.05) is 12.4 Å². The highest BCUT2D eigenvalue weighted by Gasteiger charge is 2.23. The molecule has 0 radical (unpaired) electrons. The maximum Gasteiger partial charge on any atom is 0.343 e. The fourth-order valence-electron chi connectivity index (χ4n) is 2.93. The summed E-state index contributed by atoms with van der Waals surface area (Å²) in [6.07, 6.45) is 3.73. The summed E-state index contributed by atoms with van der Waals surface area (Å²) in [5, 5.41) is 3.03. The molecular weight excluding hydrogens is 378 g/mol. The van der Waals surface area contributed by atoms with Crippen LogP contribution in [0.3, 0.4) is 0 Å². The molecule has 2 aromatic heterocycles. The van der Waals surface area contributed by atoms with Crippen molar-refractivity contribution < 1.29 is 18.3 Å². The van der Waals surface area contributed by atoms with Crippen LogP contribution in [0.25, 0.3) is 11.4 Å². The summed E-state index contributed by atoms with van der Waals surface area (Å²) in [6.45, 7) is 3.64. The zero-order valence-electron chi connectivity index (χ0n) is 16.3. The number of nitrogens with one attached hydrogen (secondary N) is 1.